The number of nitrogens with one attached hydrogen (secondary N) is 2. The summed E-state index contributed by atoms with van der Waals surface area (Å²) in [7, 11) is 0. The van der Waals surface area contributed by atoms with Crippen LogP contribution in [-0.4, -0.2) is 24.7 Å². The molecule has 0 aliphatic heterocycles. The van der Waals surface area contributed by atoms with Crippen LogP contribution in [0, 0.1) is 11.3 Å². The molecule has 1 fully saturated rings. The number of nitrogens with zero attached hydrogens (tertiary/aromatic N) is 5. The summed E-state index contributed by atoms with van der Waals surface area (Å²) in [6.45, 7) is 1.96. The van der Waals surface area contributed by atoms with Gasteiger partial charge in [0.25, 0.3) is 5.56 Å². The number of benzene rings is 1. The Morgan fingerprint density at radius 3 is 2.93 bits per heavy atom. The molecule has 3 heterocycles. The monoisotopic (exact) mass is 405 g/mol. The van der Waals surface area contributed by atoms with Gasteiger partial charge in [-0.2, -0.15) is 10.4 Å². The van der Waals surface area contributed by atoms with Gasteiger partial charge in [0.1, 0.15) is 23.9 Å². The van der Waals surface area contributed by atoms with Gasteiger partial charge in [0, 0.05) is 11.7 Å². The number of anilines is 1. The third-order valence-electron chi connectivity index (χ3n) is 5.23. The quantitative estimate of drug-likeness (QED) is 0.535. The number of nitriles is 1. The van der Waals surface area contributed by atoms with E-state index >= 15 is 0 Å². The van der Waals surface area contributed by atoms with E-state index in [1.165, 1.54) is 6.33 Å². The van der Waals surface area contributed by atoms with Crippen molar-refractivity contribution in [3.05, 3.63) is 57.4 Å². The van der Waals surface area contributed by atoms with Crippen molar-refractivity contribution >= 4 is 39.2 Å². The van der Waals surface area contributed by atoms with Gasteiger partial charge in [-0.1, -0.05) is 23.7 Å². The van der Waals surface area contributed by atoms with Crippen molar-refractivity contribution < 1.29 is 0 Å². The highest BCUT2D eigenvalue weighted by Gasteiger charge is 2.30. The van der Waals surface area contributed by atoms with Crippen molar-refractivity contribution in [1.29, 1.82) is 5.26 Å². The molecule has 4 aromatic rings. The Morgan fingerprint density at radius 1 is 1.34 bits per heavy atom. The molecule has 0 amide bonds. The van der Waals surface area contributed by atoms with E-state index < -0.39 is 0 Å². The Kier molecular flexibility index (Phi) is 4.00. The average Bonchev–Trinajstić information content (AvgIpc) is 3.45. The molecule has 3 aromatic heterocycles. The van der Waals surface area contributed by atoms with Gasteiger partial charge in [-0.05, 0) is 37.3 Å². The van der Waals surface area contributed by atoms with E-state index in [1.54, 1.807) is 6.07 Å². The lowest BCUT2D eigenvalue weighted by Gasteiger charge is -2.21. The minimum absolute atomic E-state index is 0.0758. The molecule has 144 valence electrons. The summed E-state index contributed by atoms with van der Waals surface area (Å²) in [5, 5.41) is 21.7. The molecule has 0 spiro atoms. The van der Waals surface area contributed by atoms with Gasteiger partial charge in [0.2, 0.25) is 0 Å². The fraction of sp³-hybridized carbons (Fsp3) is 0.250. The van der Waals surface area contributed by atoms with E-state index in [2.05, 4.69) is 31.6 Å². The number of H-pyrrole nitrogens is 1. The van der Waals surface area contributed by atoms with Gasteiger partial charge in [0.15, 0.2) is 5.65 Å². The Balaban J connectivity index is 1.65. The Hall–Kier alpha value is -3.44. The largest absolute Gasteiger partial charge is 0.361 e. The summed E-state index contributed by atoms with van der Waals surface area (Å²) in [6, 6.07) is 9.48. The second-order valence-corrected chi connectivity index (χ2v) is 7.58. The van der Waals surface area contributed by atoms with Gasteiger partial charge in [-0.25, -0.2) is 9.97 Å². The Bertz CT molecular complexity index is 1360. The van der Waals surface area contributed by atoms with Gasteiger partial charge < -0.3 is 9.88 Å². The van der Waals surface area contributed by atoms with E-state index in [0.717, 1.165) is 23.9 Å². The molecule has 9 heteroatoms. The minimum Gasteiger partial charge on any atom is -0.361 e. The summed E-state index contributed by atoms with van der Waals surface area (Å²) in [5.74, 6) is 0.494. The van der Waals surface area contributed by atoms with Crippen molar-refractivity contribution in [2.75, 3.05) is 5.32 Å². The number of rotatable bonds is 4. The molecular formula is C20H16ClN7O. The van der Waals surface area contributed by atoms with Crippen LogP contribution in [-0.2, 0) is 0 Å². The fourth-order valence-electron chi connectivity index (χ4n) is 3.72. The van der Waals surface area contributed by atoms with Crippen molar-refractivity contribution in [3.63, 3.8) is 0 Å². The number of hydrogen-bond donors (Lipinski definition) is 2. The van der Waals surface area contributed by atoms with Gasteiger partial charge in [0.05, 0.1) is 21.8 Å². The number of fused-ring (bicyclic) bond motifs is 2. The first kappa shape index (κ1) is 17.6. The molecule has 2 N–H and O–H groups in total. The van der Waals surface area contributed by atoms with Crippen molar-refractivity contribution in [2.24, 2.45) is 0 Å². The highest BCUT2D eigenvalue weighted by atomic mass is 35.5. The molecule has 5 rings (SSSR count). The molecule has 1 aliphatic rings. The van der Waals surface area contributed by atoms with Crippen LogP contribution < -0.4 is 10.9 Å². The first-order valence-corrected chi connectivity index (χ1v) is 9.65. The topological polar surface area (TPSA) is 112 Å². The van der Waals surface area contributed by atoms with Crippen LogP contribution in [0.2, 0.25) is 5.02 Å². The maximum absolute atomic E-state index is 13.2. The van der Waals surface area contributed by atoms with Gasteiger partial charge in [-0.15, -0.1) is 0 Å². The number of aromatic amines is 1. The standard InChI is InChI=1S/C20H16ClN7O/c1-10(25-18-17-14(8-22)26-27-19(17)24-9-23-18)15-7-11-3-2-4-13(21)16(11)20(29)28(15)12-5-6-12/h2-4,7,9-10,12H,5-6H2,1H3,(H2,23,24,25,26,27). The Labute approximate surface area is 170 Å². The number of hydrogen-bond acceptors (Lipinski definition) is 6. The molecule has 0 radical (unpaired) electrons. The molecule has 1 saturated carbocycles. The summed E-state index contributed by atoms with van der Waals surface area (Å²) in [6.07, 6.45) is 3.33. The lowest BCUT2D eigenvalue weighted by molar-refractivity contribution is 0.636. The van der Waals surface area contributed by atoms with Crippen LogP contribution >= 0.6 is 11.6 Å². The highest BCUT2D eigenvalue weighted by Crippen LogP contribution is 2.38. The lowest BCUT2D eigenvalue weighted by Crippen LogP contribution is -2.26. The SMILES string of the molecule is CC(Nc1ncnc2n[nH]c(C#N)c12)c1cc2cccc(Cl)c2c(=O)n1C1CC1. The minimum atomic E-state index is -0.244. The third-order valence-corrected chi connectivity index (χ3v) is 5.55. The van der Waals surface area contributed by atoms with Crippen molar-refractivity contribution in [2.45, 2.75) is 31.8 Å². The van der Waals surface area contributed by atoms with Crippen LogP contribution in [0.5, 0.6) is 0 Å². The molecule has 29 heavy (non-hydrogen) atoms. The molecule has 1 aliphatic carbocycles. The van der Waals surface area contributed by atoms with E-state index in [4.69, 9.17) is 11.6 Å². The van der Waals surface area contributed by atoms with Crippen LogP contribution in [0.1, 0.15) is 43.2 Å². The zero-order chi connectivity index (χ0) is 20.1. The van der Waals surface area contributed by atoms with E-state index in [9.17, 15) is 10.1 Å². The smallest absolute Gasteiger partial charge is 0.260 e. The first-order valence-electron chi connectivity index (χ1n) is 9.28. The molecule has 1 aromatic carbocycles. The van der Waals surface area contributed by atoms with Crippen LogP contribution in [0.3, 0.4) is 0 Å². The van der Waals surface area contributed by atoms with Gasteiger partial charge >= 0.3 is 0 Å². The van der Waals surface area contributed by atoms with E-state index in [-0.39, 0.29) is 17.6 Å². The third kappa shape index (κ3) is 2.82. The second-order valence-electron chi connectivity index (χ2n) is 7.18. The predicted octanol–water partition coefficient (Wildman–Crippen LogP) is 3.70. The van der Waals surface area contributed by atoms with E-state index in [0.29, 0.717) is 33.0 Å². The zero-order valence-corrected chi connectivity index (χ0v) is 16.2. The highest BCUT2D eigenvalue weighted by molar-refractivity contribution is 6.35. The second kappa shape index (κ2) is 6.57. The zero-order valence-electron chi connectivity index (χ0n) is 15.5. The van der Waals surface area contributed by atoms with Crippen molar-refractivity contribution in [1.82, 2.24) is 24.7 Å². The van der Waals surface area contributed by atoms with Crippen LogP contribution in [0.25, 0.3) is 21.8 Å². The predicted molar refractivity (Wildman–Crippen MR) is 110 cm³/mol. The molecule has 0 bridgehead atoms. The molecular weight excluding hydrogens is 390 g/mol. The molecule has 1 unspecified atom stereocenters. The molecule has 1 atom stereocenters. The van der Waals surface area contributed by atoms with Crippen LogP contribution in [0.15, 0.2) is 35.4 Å². The maximum Gasteiger partial charge on any atom is 0.260 e. The average molecular weight is 406 g/mol. The van der Waals surface area contributed by atoms with E-state index in [1.807, 2.05) is 29.7 Å². The van der Waals surface area contributed by atoms with Gasteiger partial charge in [-0.3, -0.25) is 9.89 Å². The summed E-state index contributed by atoms with van der Waals surface area (Å²) >= 11 is 6.32. The number of aromatic nitrogens is 5. The maximum atomic E-state index is 13.2. The normalized spacial score (nSPS) is 14.8. The summed E-state index contributed by atoms with van der Waals surface area (Å²) in [5.41, 5.74) is 1.48. The first-order chi connectivity index (χ1) is 14.1. The number of halogens is 1. The molecule has 0 saturated heterocycles. The number of pyridine rings is 1. The Morgan fingerprint density at radius 2 is 2.17 bits per heavy atom. The van der Waals surface area contributed by atoms with Crippen molar-refractivity contribution in [3.8, 4) is 6.07 Å². The summed E-state index contributed by atoms with van der Waals surface area (Å²) in [4.78, 5) is 21.6. The van der Waals surface area contributed by atoms with Crippen LogP contribution in [0.4, 0.5) is 5.82 Å². The summed E-state index contributed by atoms with van der Waals surface area (Å²) < 4.78 is 1.84. The fourth-order valence-corrected chi connectivity index (χ4v) is 3.98. The lowest BCUT2D eigenvalue weighted by atomic mass is 10.1. The molecule has 8 nitrogen and oxygen atoms in total.